The highest BCUT2D eigenvalue weighted by molar-refractivity contribution is 5.18. The molecule has 1 aromatic rings. The summed E-state index contributed by atoms with van der Waals surface area (Å²) in [7, 11) is 0. The van der Waals surface area contributed by atoms with Gasteiger partial charge in [-0.2, -0.15) is 0 Å². The van der Waals surface area contributed by atoms with Crippen LogP contribution in [0.4, 0.5) is 4.39 Å². The van der Waals surface area contributed by atoms with Gasteiger partial charge in [0.2, 0.25) is 0 Å². The van der Waals surface area contributed by atoms with Crippen LogP contribution in [0.1, 0.15) is 43.8 Å². The maximum atomic E-state index is 12.9. The van der Waals surface area contributed by atoms with E-state index in [1.54, 1.807) is 12.1 Å². The quantitative estimate of drug-likeness (QED) is 0.888. The first-order chi connectivity index (χ1) is 9.63. The molecule has 2 bridgehead atoms. The van der Waals surface area contributed by atoms with Crippen LogP contribution in [0.15, 0.2) is 24.3 Å². The van der Waals surface area contributed by atoms with Gasteiger partial charge < -0.3 is 10.2 Å². The Bertz CT molecular complexity index is 436. The van der Waals surface area contributed by atoms with Crippen LogP contribution in [0.25, 0.3) is 0 Å². The van der Waals surface area contributed by atoms with Gasteiger partial charge in [0.15, 0.2) is 0 Å². The highest BCUT2D eigenvalue weighted by Crippen LogP contribution is 2.36. The number of hydrogen-bond acceptors (Lipinski definition) is 3. The minimum absolute atomic E-state index is 0.147. The van der Waals surface area contributed by atoms with Crippen LogP contribution in [0.5, 0.6) is 0 Å². The van der Waals surface area contributed by atoms with Crippen LogP contribution in [0, 0.1) is 5.82 Å². The Morgan fingerprint density at radius 1 is 1.15 bits per heavy atom. The first-order valence-electron chi connectivity index (χ1n) is 7.51. The fraction of sp³-hybridized carbons (Fsp3) is 0.625. The number of aliphatic hydroxyl groups excluding tert-OH is 2. The average Bonchev–Trinajstić information content (AvgIpc) is 2.67. The van der Waals surface area contributed by atoms with Gasteiger partial charge in [-0.05, 0) is 49.8 Å². The summed E-state index contributed by atoms with van der Waals surface area (Å²) in [6, 6.07) is 7.02. The van der Waals surface area contributed by atoms with Gasteiger partial charge in [-0.1, -0.05) is 12.1 Å². The topological polar surface area (TPSA) is 43.7 Å². The van der Waals surface area contributed by atoms with E-state index in [0.29, 0.717) is 18.5 Å². The zero-order valence-electron chi connectivity index (χ0n) is 11.6. The van der Waals surface area contributed by atoms with Crippen molar-refractivity contribution in [1.82, 2.24) is 4.90 Å². The fourth-order valence-corrected chi connectivity index (χ4v) is 3.73. The van der Waals surface area contributed by atoms with Crippen molar-refractivity contribution in [1.29, 1.82) is 0 Å². The molecule has 0 radical (unpaired) electrons. The number of aliphatic hydroxyl groups is 2. The van der Waals surface area contributed by atoms with Crippen LogP contribution in [-0.2, 0) is 0 Å². The molecule has 0 amide bonds. The van der Waals surface area contributed by atoms with Crippen LogP contribution in [-0.4, -0.2) is 39.8 Å². The second kappa shape index (κ2) is 5.80. The van der Waals surface area contributed by atoms with Gasteiger partial charge in [0, 0.05) is 18.6 Å². The van der Waals surface area contributed by atoms with Crippen LogP contribution >= 0.6 is 0 Å². The first kappa shape index (κ1) is 14.0. The summed E-state index contributed by atoms with van der Waals surface area (Å²) in [4.78, 5) is 2.44. The summed E-state index contributed by atoms with van der Waals surface area (Å²) in [5.41, 5.74) is 0.774. The number of hydrogen-bond donors (Lipinski definition) is 2. The molecular formula is C16H22FNO2. The Kier molecular flexibility index (Phi) is 4.06. The normalized spacial score (nSPS) is 31.4. The lowest BCUT2D eigenvalue weighted by molar-refractivity contribution is 0.0266. The van der Waals surface area contributed by atoms with Crippen molar-refractivity contribution in [2.45, 2.75) is 56.4 Å². The molecule has 0 saturated carbocycles. The largest absolute Gasteiger partial charge is 0.393 e. The van der Waals surface area contributed by atoms with Gasteiger partial charge in [0.1, 0.15) is 5.82 Å². The predicted octanol–water partition coefficient (Wildman–Crippen LogP) is 2.24. The maximum Gasteiger partial charge on any atom is 0.123 e. The van der Waals surface area contributed by atoms with Gasteiger partial charge in [0.25, 0.3) is 0 Å². The van der Waals surface area contributed by atoms with Crippen LogP contribution in [0.2, 0.25) is 0 Å². The molecule has 0 aliphatic carbocycles. The van der Waals surface area contributed by atoms with Crippen LogP contribution in [0.3, 0.4) is 0 Å². The third-order valence-electron chi connectivity index (χ3n) is 4.77. The van der Waals surface area contributed by atoms with E-state index < -0.39 is 6.10 Å². The molecule has 2 aliphatic rings. The molecule has 4 heteroatoms. The Morgan fingerprint density at radius 3 is 2.35 bits per heavy atom. The van der Waals surface area contributed by atoms with E-state index in [0.717, 1.165) is 37.8 Å². The van der Waals surface area contributed by atoms with E-state index >= 15 is 0 Å². The Hall–Kier alpha value is -0.970. The predicted molar refractivity (Wildman–Crippen MR) is 74.7 cm³/mol. The molecule has 2 saturated heterocycles. The minimum Gasteiger partial charge on any atom is -0.393 e. The molecule has 0 spiro atoms. The molecule has 110 valence electrons. The lowest BCUT2D eigenvalue weighted by Gasteiger charge is -2.37. The molecule has 2 aliphatic heterocycles. The summed E-state index contributed by atoms with van der Waals surface area (Å²) in [5, 5.41) is 20.0. The monoisotopic (exact) mass is 279 g/mol. The molecule has 2 N–H and O–H groups in total. The van der Waals surface area contributed by atoms with E-state index in [1.807, 2.05) is 0 Å². The average molecular weight is 279 g/mol. The zero-order chi connectivity index (χ0) is 14.1. The highest BCUT2D eigenvalue weighted by Gasteiger charge is 2.39. The number of benzene rings is 1. The summed E-state index contributed by atoms with van der Waals surface area (Å²) in [5.74, 6) is -0.274. The highest BCUT2D eigenvalue weighted by atomic mass is 19.1. The second-order valence-corrected chi connectivity index (χ2v) is 6.10. The second-order valence-electron chi connectivity index (χ2n) is 6.10. The maximum absolute atomic E-state index is 12.9. The summed E-state index contributed by atoms with van der Waals surface area (Å²) in [6.45, 7) is 0.848. The SMILES string of the molecule is OC1CC2CCC(C1)N2CCC(O)c1ccc(F)cc1. The number of halogens is 1. The van der Waals surface area contributed by atoms with E-state index in [-0.39, 0.29) is 11.9 Å². The summed E-state index contributed by atoms with van der Waals surface area (Å²) < 4.78 is 12.9. The summed E-state index contributed by atoms with van der Waals surface area (Å²) in [6.07, 6.45) is 4.02. The fourth-order valence-electron chi connectivity index (χ4n) is 3.73. The van der Waals surface area contributed by atoms with Crippen molar-refractivity contribution >= 4 is 0 Å². The lowest BCUT2D eigenvalue weighted by Crippen LogP contribution is -2.45. The van der Waals surface area contributed by atoms with Gasteiger partial charge in [0.05, 0.1) is 12.2 Å². The van der Waals surface area contributed by atoms with Crippen molar-refractivity contribution in [3.63, 3.8) is 0 Å². The van der Waals surface area contributed by atoms with Gasteiger partial charge >= 0.3 is 0 Å². The molecule has 0 aromatic heterocycles. The molecular weight excluding hydrogens is 257 g/mol. The first-order valence-corrected chi connectivity index (χ1v) is 7.51. The van der Waals surface area contributed by atoms with Gasteiger partial charge in [-0.25, -0.2) is 4.39 Å². The molecule has 3 rings (SSSR count). The lowest BCUT2D eigenvalue weighted by atomic mass is 9.98. The van der Waals surface area contributed by atoms with Crippen LogP contribution < -0.4 is 0 Å². The Labute approximate surface area is 119 Å². The molecule has 3 unspecified atom stereocenters. The molecule has 3 atom stereocenters. The van der Waals surface area contributed by atoms with Crippen molar-refractivity contribution < 1.29 is 14.6 Å². The number of fused-ring (bicyclic) bond motifs is 2. The Balaban J connectivity index is 1.56. The van der Waals surface area contributed by atoms with Crippen molar-refractivity contribution in [3.8, 4) is 0 Å². The van der Waals surface area contributed by atoms with Gasteiger partial charge in [-0.15, -0.1) is 0 Å². The molecule has 20 heavy (non-hydrogen) atoms. The zero-order valence-corrected chi connectivity index (χ0v) is 11.6. The van der Waals surface area contributed by atoms with E-state index in [4.69, 9.17) is 0 Å². The number of rotatable bonds is 4. The third kappa shape index (κ3) is 2.87. The van der Waals surface area contributed by atoms with Crippen molar-refractivity contribution in [3.05, 3.63) is 35.6 Å². The summed E-state index contributed by atoms with van der Waals surface area (Å²) >= 11 is 0. The van der Waals surface area contributed by atoms with Crippen molar-refractivity contribution in [2.75, 3.05) is 6.54 Å². The number of piperidine rings is 1. The van der Waals surface area contributed by atoms with E-state index in [9.17, 15) is 14.6 Å². The van der Waals surface area contributed by atoms with Gasteiger partial charge in [-0.3, -0.25) is 4.90 Å². The molecule has 1 aromatic carbocycles. The van der Waals surface area contributed by atoms with E-state index in [1.165, 1.54) is 12.1 Å². The smallest absolute Gasteiger partial charge is 0.123 e. The third-order valence-corrected chi connectivity index (χ3v) is 4.77. The molecule has 2 heterocycles. The Morgan fingerprint density at radius 2 is 1.75 bits per heavy atom. The molecule has 3 nitrogen and oxygen atoms in total. The van der Waals surface area contributed by atoms with Crippen molar-refractivity contribution in [2.24, 2.45) is 0 Å². The number of nitrogens with zero attached hydrogens (tertiary/aromatic N) is 1. The minimum atomic E-state index is -0.540. The molecule has 2 fully saturated rings. The standard InChI is InChI=1S/C16H22FNO2/c17-12-3-1-11(2-4-12)16(20)7-8-18-13-5-6-14(18)10-15(19)9-13/h1-4,13-16,19-20H,5-10H2. The van der Waals surface area contributed by atoms with E-state index in [2.05, 4.69) is 4.90 Å².